The summed E-state index contributed by atoms with van der Waals surface area (Å²) in [6.07, 6.45) is -7.88. The molecule has 244 valence electrons. The van der Waals surface area contributed by atoms with Crippen molar-refractivity contribution < 1.29 is 60.7 Å². The first kappa shape index (κ1) is 39.5. The van der Waals surface area contributed by atoms with Gasteiger partial charge in [0.25, 0.3) is 11.8 Å². The highest BCUT2D eigenvalue weighted by molar-refractivity contribution is 5.82. The number of hydrogen-bond acceptors (Lipinski definition) is 12. The predicted molar refractivity (Wildman–Crippen MR) is 148 cm³/mol. The smallest absolute Gasteiger partial charge is 0.251 e. The third-order valence-electron chi connectivity index (χ3n) is 7.44. The fraction of sp³-hybridized carbons (Fsp3) is 0.926. The standard InChI is InChI=1S/C27H54N2O12/c1-3-5-7-9-11-27(12-10-8-6-4-2,15-28-25(40)23(38)21(36)19(34)17(32)13-30)16-29-26(41)24(39)22(37)20(35)18(33)14-31/h17-24,30-39H,3-16H2,1-2H3,(H,28,40)(H,29,41)/t17-,18-,19-,20-,21+,22+,23-,24-/m1/s1. The van der Waals surface area contributed by atoms with Crippen molar-refractivity contribution in [3.05, 3.63) is 0 Å². The number of unbranched alkanes of at least 4 members (excludes halogenated alkanes) is 6. The molecule has 0 aromatic carbocycles. The van der Waals surface area contributed by atoms with Gasteiger partial charge in [0.2, 0.25) is 0 Å². The summed E-state index contributed by atoms with van der Waals surface area (Å²) < 4.78 is 0. The normalized spacial score (nSPS) is 18.0. The lowest BCUT2D eigenvalue weighted by molar-refractivity contribution is -0.149. The molecule has 41 heavy (non-hydrogen) atoms. The van der Waals surface area contributed by atoms with Gasteiger partial charge >= 0.3 is 0 Å². The van der Waals surface area contributed by atoms with E-state index in [1.54, 1.807) is 0 Å². The van der Waals surface area contributed by atoms with Crippen LogP contribution in [0.3, 0.4) is 0 Å². The van der Waals surface area contributed by atoms with E-state index in [2.05, 4.69) is 10.6 Å². The van der Waals surface area contributed by atoms with Gasteiger partial charge in [0.15, 0.2) is 12.2 Å². The molecule has 0 aliphatic heterocycles. The van der Waals surface area contributed by atoms with Gasteiger partial charge in [-0.3, -0.25) is 9.59 Å². The molecule has 0 radical (unpaired) electrons. The maximum atomic E-state index is 12.7. The second-order valence-corrected chi connectivity index (χ2v) is 10.9. The zero-order valence-corrected chi connectivity index (χ0v) is 24.3. The number of aliphatic hydroxyl groups is 10. The fourth-order valence-corrected chi connectivity index (χ4v) is 4.51. The molecule has 12 N–H and O–H groups in total. The minimum Gasteiger partial charge on any atom is -0.394 e. The number of aliphatic hydroxyl groups excluding tert-OH is 10. The van der Waals surface area contributed by atoms with Gasteiger partial charge in [0, 0.05) is 18.5 Å². The van der Waals surface area contributed by atoms with Gasteiger partial charge in [-0.25, -0.2) is 0 Å². The first-order valence-corrected chi connectivity index (χ1v) is 14.5. The Bertz CT molecular complexity index is 658. The molecule has 0 spiro atoms. The fourth-order valence-electron chi connectivity index (χ4n) is 4.51. The van der Waals surface area contributed by atoms with E-state index in [-0.39, 0.29) is 13.1 Å². The Morgan fingerprint density at radius 1 is 0.561 bits per heavy atom. The van der Waals surface area contributed by atoms with Crippen LogP contribution < -0.4 is 10.6 Å². The molecular formula is C27H54N2O12. The van der Waals surface area contributed by atoms with Gasteiger partial charge in [-0.05, 0) is 12.8 Å². The molecule has 0 heterocycles. The first-order valence-electron chi connectivity index (χ1n) is 14.5. The molecule has 0 rings (SSSR count). The van der Waals surface area contributed by atoms with Crippen molar-refractivity contribution in [3.63, 3.8) is 0 Å². The highest BCUT2D eigenvalue weighted by atomic mass is 16.4. The maximum Gasteiger partial charge on any atom is 0.251 e. The van der Waals surface area contributed by atoms with E-state index in [9.17, 15) is 50.4 Å². The minimum atomic E-state index is -2.13. The van der Waals surface area contributed by atoms with E-state index in [0.29, 0.717) is 12.8 Å². The highest BCUT2D eigenvalue weighted by Gasteiger charge is 2.38. The van der Waals surface area contributed by atoms with Gasteiger partial charge in [-0.1, -0.05) is 65.2 Å². The summed E-state index contributed by atoms with van der Waals surface area (Å²) in [6, 6.07) is 0. The molecule has 0 aromatic heterocycles. The summed E-state index contributed by atoms with van der Waals surface area (Å²) in [7, 11) is 0. The van der Waals surface area contributed by atoms with Gasteiger partial charge in [0.1, 0.15) is 36.6 Å². The monoisotopic (exact) mass is 598 g/mol. The van der Waals surface area contributed by atoms with Crippen LogP contribution in [0.25, 0.3) is 0 Å². The van der Waals surface area contributed by atoms with Crippen LogP contribution in [-0.2, 0) is 9.59 Å². The summed E-state index contributed by atoms with van der Waals surface area (Å²) in [6.45, 7) is 2.14. The van der Waals surface area contributed by atoms with Gasteiger partial charge in [-0.2, -0.15) is 0 Å². The van der Waals surface area contributed by atoms with E-state index >= 15 is 0 Å². The van der Waals surface area contributed by atoms with Crippen LogP contribution in [0.1, 0.15) is 78.1 Å². The molecule has 14 nitrogen and oxygen atoms in total. The molecular weight excluding hydrogens is 544 g/mol. The van der Waals surface area contributed by atoms with Gasteiger partial charge in [0.05, 0.1) is 13.2 Å². The van der Waals surface area contributed by atoms with E-state index in [4.69, 9.17) is 10.2 Å². The van der Waals surface area contributed by atoms with Crippen molar-refractivity contribution in [3.8, 4) is 0 Å². The average Bonchev–Trinajstić information content (AvgIpc) is 2.99. The molecule has 0 aliphatic rings. The SMILES string of the molecule is CCCCCCC(CCCCCC)(CNC(=O)[C@H](O)[C@@H](O)[C@H](O)[C@H](O)CO)CNC(=O)[C@H](O)[C@@H](O)[C@H](O)[C@H](O)CO. The summed E-state index contributed by atoms with van der Waals surface area (Å²) >= 11 is 0. The van der Waals surface area contributed by atoms with Crippen molar-refractivity contribution in [1.29, 1.82) is 0 Å². The topological polar surface area (TPSA) is 260 Å². The molecule has 14 heteroatoms. The van der Waals surface area contributed by atoms with Crippen LogP contribution in [-0.4, -0.2) is 138 Å². The third-order valence-corrected chi connectivity index (χ3v) is 7.44. The van der Waals surface area contributed by atoms with Crippen LogP contribution in [0.4, 0.5) is 0 Å². The van der Waals surface area contributed by atoms with Crippen LogP contribution in [0.2, 0.25) is 0 Å². The average molecular weight is 599 g/mol. The van der Waals surface area contributed by atoms with E-state index < -0.39 is 79.3 Å². The highest BCUT2D eigenvalue weighted by Crippen LogP contribution is 2.31. The quantitative estimate of drug-likeness (QED) is 0.0497. The second kappa shape index (κ2) is 21.3. The van der Waals surface area contributed by atoms with Crippen molar-refractivity contribution in [2.45, 2.75) is 127 Å². The van der Waals surface area contributed by atoms with Crippen LogP contribution in [0.5, 0.6) is 0 Å². The van der Waals surface area contributed by atoms with E-state index in [0.717, 1.165) is 51.4 Å². The Hall–Kier alpha value is -1.46. The lowest BCUT2D eigenvalue weighted by atomic mass is 9.77. The van der Waals surface area contributed by atoms with Gasteiger partial charge < -0.3 is 61.7 Å². The number of nitrogens with one attached hydrogen (secondary N) is 2. The first-order chi connectivity index (χ1) is 19.3. The number of carbonyl (C=O) groups is 2. The Morgan fingerprint density at radius 3 is 1.20 bits per heavy atom. The molecule has 8 atom stereocenters. The Morgan fingerprint density at radius 2 is 0.902 bits per heavy atom. The molecule has 0 saturated carbocycles. The van der Waals surface area contributed by atoms with Crippen molar-refractivity contribution in [1.82, 2.24) is 10.6 Å². The minimum absolute atomic E-state index is 0.0721. The third kappa shape index (κ3) is 14.0. The zero-order valence-electron chi connectivity index (χ0n) is 24.3. The van der Waals surface area contributed by atoms with Crippen LogP contribution >= 0.6 is 0 Å². The number of hydrogen-bond donors (Lipinski definition) is 12. The number of carbonyl (C=O) groups excluding carboxylic acids is 2. The summed E-state index contributed by atoms with van der Waals surface area (Å²) in [5, 5.41) is 102. The lowest BCUT2D eigenvalue weighted by Crippen LogP contribution is -2.55. The van der Waals surface area contributed by atoms with Crippen LogP contribution in [0.15, 0.2) is 0 Å². The lowest BCUT2D eigenvalue weighted by Gasteiger charge is -2.36. The predicted octanol–water partition coefficient (Wildman–Crippen LogP) is -2.98. The molecule has 2 amide bonds. The van der Waals surface area contributed by atoms with Crippen molar-refractivity contribution in [2.24, 2.45) is 5.41 Å². The van der Waals surface area contributed by atoms with E-state index in [1.165, 1.54) is 0 Å². The molecule has 0 unspecified atom stereocenters. The largest absolute Gasteiger partial charge is 0.394 e. The summed E-state index contributed by atoms with van der Waals surface area (Å²) in [5.41, 5.74) is -0.783. The Labute approximate surface area is 242 Å². The van der Waals surface area contributed by atoms with Crippen molar-refractivity contribution in [2.75, 3.05) is 26.3 Å². The molecule has 0 bridgehead atoms. The molecule has 0 saturated heterocycles. The van der Waals surface area contributed by atoms with Crippen LogP contribution in [0, 0.1) is 5.41 Å². The summed E-state index contributed by atoms with van der Waals surface area (Å²) in [4.78, 5) is 25.4. The molecule has 0 fully saturated rings. The summed E-state index contributed by atoms with van der Waals surface area (Å²) in [5.74, 6) is -2.09. The van der Waals surface area contributed by atoms with Crippen molar-refractivity contribution >= 4 is 11.8 Å². The zero-order chi connectivity index (χ0) is 31.6. The Balaban J connectivity index is 5.78. The number of rotatable bonds is 24. The molecule has 0 aliphatic carbocycles. The van der Waals surface area contributed by atoms with Gasteiger partial charge in [-0.15, -0.1) is 0 Å². The second-order valence-electron chi connectivity index (χ2n) is 10.9. The number of amides is 2. The van der Waals surface area contributed by atoms with E-state index in [1.807, 2.05) is 13.8 Å². The maximum absolute atomic E-state index is 12.7. The molecule has 0 aromatic rings. The Kier molecular flexibility index (Phi) is 20.5.